The van der Waals surface area contributed by atoms with Gasteiger partial charge >= 0.3 is 0 Å². The van der Waals surface area contributed by atoms with Gasteiger partial charge in [-0.05, 0) is 19.1 Å². The van der Waals surface area contributed by atoms with Crippen LogP contribution in [0.25, 0.3) is 0 Å². The Morgan fingerprint density at radius 3 is 2.89 bits per heavy atom. The molecule has 1 aliphatic heterocycles. The minimum Gasteiger partial charge on any atom is -0.357 e. The molecule has 18 heavy (non-hydrogen) atoms. The highest BCUT2D eigenvalue weighted by atomic mass is 32.2. The van der Waals surface area contributed by atoms with E-state index in [-0.39, 0.29) is 11.4 Å². The molecule has 1 saturated heterocycles. The van der Waals surface area contributed by atoms with Crippen LogP contribution in [-0.4, -0.2) is 36.4 Å². The van der Waals surface area contributed by atoms with Crippen LogP contribution in [0.4, 0.5) is 0 Å². The van der Waals surface area contributed by atoms with Crippen molar-refractivity contribution in [2.45, 2.75) is 31.0 Å². The second kappa shape index (κ2) is 5.03. The van der Waals surface area contributed by atoms with E-state index in [1.165, 1.54) is 12.3 Å². The van der Waals surface area contributed by atoms with Crippen LogP contribution in [0.2, 0.25) is 0 Å². The van der Waals surface area contributed by atoms with Crippen molar-refractivity contribution in [1.29, 1.82) is 0 Å². The third-order valence-electron chi connectivity index (χ3n) is 2.63. The summed E-state index contributed by atoms with van der Waals surface area (Å²) < 4.78 is 30.7. The fourth-order valence-corrected chi connectivity index (χ4v) is 3.35. The summed E-state index contributed by atoms with van der Waals surface area (Å²) in [5.74, 6) is -0.445. The Morgan fingerprint density at radius 1 is 1.50 bits per heavy atom. The van der Waals surface area contributed by atoms with E-state index in [4.69, 9.17) is 4.74 Å². The molecule has 0 N–H and O–H groups in total. The molecular weight excluding hydrogens is 256 g/mol. The molecular formula is C11H14N2O4S. The minimum atomic E-state index is -3.91. The smallest absolute Gasteiger partial charge is 0.286 e. The molecule has 0 saturated carbocycles. The number of hydrogen-bond acceptors (Lipinski definition) is 5. The quantitative estimate of drug-likeness (QED) is 0.807. The summed E-state index contributed by atoms with van der Waals surface area (Å²) in [7, 11) is -3.91. The molecule has 0 aliphatic carbocycles. The second-order valence-electron chi connectivity index (χ2n) is 3.81. The molecule has 98 valence electrons. The Balaban J connectivity index is 2.37. The van der Waals surface area contributed by atoms with Crippen molar-refractivity contribution in [2.24, 2.45) is 0 Å². The molecule has 6 nitrogen and oxygen atoms in total. The fraction of sp³-hybridized carbons (Fsp3) is 0.455. The molecule has 0 radical (unpaired) electrons. The summed E-state index contributed by atoms with van der Waals surface area (Å²) in [5, 5.41) is -0.134. The molecule has 0 aromatic carbocycles. The lowest BCUT2D eigenvalue weighted by molar-refractivity contribution is -0.128. The van der Waals surface area contributed by atoms with Gasteiger partial charge in [0, 0.05) is 25.6 Å². The highest BCUT2D eigenvalue weighted by Gasteiger charge is 2.41. The number of sulfonamides is 1. The number of hydrogen-bond donors (Lipinski definition) is 0. The number of carbonyl (C=O) groups is 1. The molecule has 7 heteroatoms. The summed E-state index contributed by atoms with van der Waals surface area (Å²) in [5.41, 5.74) is 0. The first kappa shape index (κ1) is 13.0. The fourth-order valence-electron chi connectivity index (χ4n) is 1.87. The zero-order valence-corrected chi connectivity index (χ0v) is 10.8. The van der Waals surface area contributed by atoms with Crippen LogP contribution in [0.1, 0.15) is 19.8 Å². The number of amides is 1. The number of ether oxygens (including phenoxy) is 1. The van der Waals surface area contributed by atoms with Gasteiger partial charge in [0.05, 0.1) is 0 Å². The zero-order chi connectivity index (χ0) is 13.2. The molecule has 1 atom stereocenters. The van der Waals surface area contributed by atoms with Crippen molar-refractivity contribution in [1.82, 2.24) is 9.29 Å². The molecule has 1 aromatic rings. The van der Waals surface area contributed by atoms with Crippen LogP contribution in [0, 0.1) is 0 Å². The van der Waals surface area contributed by atoms with Gasteiger partial charge in [-0.25, -0.2) is 9.29 Å². The number of aromatic nitrogens is 1. The Morgan fingerprint density at radius 2 is 2.28 bits per heavy atom. The summed E-state index contributed by atoms with van der Waals surface area (Å²) in [4.78, 5) is 15.5. The van der Waals surface area contributed by atoms with Gasteiger partial charge in [-0.1, -0.05) is 6.07 Å². The first-order chi connectivity index (χ1) is 8.57. The molecule has 1 aliphatic rings. The van der Waals surface area contributed by atoms with Gasteiger partial charge in [0.1, 0.15) is 6.23 Å². The normalized spacial score (nSPS) is 20.4. The second-order valence-corrected chi connectivity index (χ2v) is 5.57. The van der Waals surface area contributed by atoms with E-state index >= 15 is 0 Å². The van der Waals surface area contributed by atoms with Gasteiger partial charge < -0.3 is 4.74 Å². The maximum absolute atomic E-state index is 12.3. The average molecular weight is 270 g/mol. The highest BCUT2D eigenvalue weighted by molar-refractivity contribution is 7.89. The lowest BCUT2D eigenvalue weighted by atomic mass is 10.3. The summed E-state index contributed by atoms with van der Waals surface area (Å²) in [6, 6.07) is 4.55. The average Bonchev–Trinajstić information content (AvgIpc) is 2.73. The summed E-state index contributed by atoms with van der Waals surface area (Å²) >= 11 is 0. The van der Waals surface area contributed by atoms with E-state index in [0.29, 0.717) is 13.0 Å². The molecule has 1 fully saturated rings. The van der Waals surface area contributed by atoms with E-state index in [1.807, 2.05) is 0 Å². The van der Waals surface area contributed by atoms with Crippen LogP contribution in [0.15, 0.2) is 29.4 Å². The number of nitrogens with zero attached hydrogens (tertiary/aromatic N) is 2. The van der Waals surface area contributed by atoms with Gasteiger partial charge in [-0.2, -0.15) is 8.42 Å². The first-order valence-corrected chi connectivity index (χ1v) is 7.11. The monoisotopic (exact) mass is 270 g/mol. The van der Waals surface area contributed by atoms with Crippen molar-refractivity contribution in [2.75, 3.05) is 6.61 Å². The summed E-state index contributed by atoms with van der Waals surface area (Å²) in [6.07, 6.45) is 1.23. The maximum atomic E-state index is 12.3. The highest BCUT2D eigenvalue weighted by Crippen LogP contribution is 2.26. The SMILES string of the molecule is CCOC1CCC(=O)N1S(=O)(=O)c1ccccn1. The molecule has 1 aromatic heterocycles. The third kappa shape index (κ3) is 2.23. The molecule has 1 amide bonds. The predicted molar refractivity (Wildman–Crippen MR) is 62.9 cm³/mol. The Kier molecular flexibility index (Phi) is 3.63. The van der Waals surface area contributed by atoms with Gasteiger partial charge in [0.15, 0.2) is 5.03 Å². The van der Waals surface area contributed by atoms with Crippen LogP contribution >= 0.6 is 0 Å². The Bertz CT molecular complexity index is 529. The van der Waals surface area contributed by atoms with E-state index in [1.54, 1.807) is 19.1 Å². The zero-order valence-electron chi connectivity index (χ0n) is 9.94. The first-order valence-electron chi connectivity index (χ1n) is 5.67. The number of rotatable bonds is 4. The van der Waals surface area contributed by atoms with Gasteiger partial charge in [0.25, 0.3) is 10.0 Å². The third-order valence-corrected chi connectivity index (χ3v) is 4.36. The van der Waals surface area contributed by atoms with Gasteiger partial charge in [0.2, 0.25) is 5.91 Å². The van der Waals surface area contributed by atoms with Crippen molar-refractivity contribution in [3.63, 3.8) is 0 Å². The van der Waals surface area contributed by atoms with Gasteiger partial charge in [-0.15, -0.1) is 0 Å². The number of carbonyl (C=O) groups excluding carboxylic acids is 1. The largest absolute Gasteiger partial charge is 0.357 e. The Labute approximate surface area is 106 Å². The van der Waals surface area contributed by atoms with E-state index in [9.17, 15) is 13.2 Å². The van der Waals surface area contributed by atoms with E-state index in [0.717, 1.165) is 4.31 Å². The van der Waals surface area contributed by atoms with E-state index in [2.05, 4.69) is 4.98 Å². The van der Waals surface area contributed by atoms with Crippen LogP contribution in [-0.2, 0) is 19.6 Å². The molecule has 0 bridgehead atoms. The lowest BCUT2D eigenvalue weighted by Crippen LogP contribution is -2.40. The molecule has 1 unspecified atom stereocenters. The molecule has 0 spiro atoms. The Hall–Kier alpha value is -1.47. The van der Waals surface area contributed by atoms with Crippen molar-refractivity contribution < 1.29 is 17.9 Å². The van der Waals surface area contributed by atoms with Crippen LogP contribution < -0.4 is 0 Å². The van der Waals surface area contributed by atoms with Crippen LogP contribution in [0.5, 0.6) is 0 Å². The summed E-state index contributed by atoms with van der Waals surface area (Å²) in [6.45, 7) is 2.11. The predicted octanol–water partition coefficient (Wildman–Crippen LogP) is 0.755. The van der Waals surface area contributed by atoms with Crippen molar-refractivity contribution in [3.8, 4) is 0 Å². The van der Waals surface area contributed by atoms with Gasteiger partial charge in [-0.3, -0.25) is 4.79 Å². The topological polar surface area (TPSA) is 76.6 Å². The standard InChI is InChI=1S/C11H14N2O4S/c1-2-17-11-7-6-10(14)13(11)18(15,16)9-5-3-4-8-12-9/h3-5,8,11H,2,6-7H2,1H3. The molecule has 2 rings (SSSR count). The molecule has 2 heterocycles. The van der Waals surface area contributed by atoms with E-state index < -0.39 is 22.2 Å². The van der Waals surface area contributed by atoms with Crippen molar-refractivity contribution >= 4 is 15.9 Å². The number of pyridine rings is 1. The lowest BCUT2D eigenvalue weighted by Gasteiger charge is -2.23. The maximum Gasteiger partial charge on any atom is 0.286 e. The van der Waals surface area contributed by atoms with Crippen molar-refractivity contribution in [3.05, 3.63) is 24.4 Å². The minimum absolute atomic E-state index is 0.134. The van der Waals surface area contributed by atoms with Crippen LogP contribution in [0.3, 0.4) is 0 Å².